The molecule has 5 nitrogen and oxygen atoms in total. The first kappa shape index (κ1) is 7.74. The number of ether oxygens (including phenoxy) is 1. The average Bonchev–Trinajstić information content (AvgIpc) is 1.82. The van der Waals surface area contributed by atoms with E-state index in [4.69, 9.17) is 5.11 Å². The molecular formula is C4H8N2O3. The minimum atomic E-state index is -1.12. The van der Waals surface area contributed by atoms with Gasteiger partial charge in [-0.1, -0.05) is 0 Å². The lowest BCUT2D eigenvalue weighted by atomic mass is 11.0. The molecule has 5 heteroatoms. The summed E-state index contributed by atoms with van der Waals surface area (Å²) in [5, 5.41) is 12.2. The molecule has 0 unspecified atom stereocenters. The van der Waals surface area contributed by atoms with Crippen LogP contribution in [0.4, 0.5) is 4.79 Å². The highest BCUT2D eigenvalue weighted by Crippen LogP contribution is 1.81. The van der Waals surface area contributed by atoms with Gasteiger partial charge in [-0.25, -0.2) is 4.79 Å². The molecule has 0 aromatic heterocycles. The highest BCUT2D eigenvalue weighted by atomic mass is 16.5. The van der Waals surface area contributed by atoms with E-state index in [0.717, 1.165) is 11.4 Å². The first-order chi connectivity index (χ1) is 4.18. The van der Waals surface area contributed by atoms with Crippen molar-refractivity contribution in [1.29, 1.82) is 0 Å². The van der Waals surface area contributed by atoms with Crippen LogP contribution in [-0.2, 0) is 4.74 Å². The summed E-state index contributed by atoms with van der Waals surface area (Å²) < 4.78 is 4.37. The molecule has 0 spiro atoms. The Morgan fingerprint density at radius 2 is 2.44 bits per heavy atom. The molecule has 0 aliphatic rings. The van der Waals surface area contributed by atoms with Crippen molar-refractivity contribution in [3.8, 4) is 0 Å². The zero-order chi connectivity index (χ0) is 7.28. The predicted molar refractivity (Wildman–Crippen MR) is 31.3 cm³/mol. The third-order valence-corrected chi connectivity index (χ3v) is 0.603. The molecule has 0 rings (SSSR count). The summed E-state index contributed by atoms with van der Waals surface area (Å²) in [6.45, 7) is 0. The van der Waals surface area contributed by atoms with Gasteiger partial charge < -0.3 is 9.84 Å². The van der Waals surface area contributed by atoms with Gasteiger partial charge in [0, 0.05) is 7.05 Å². The molecule has 0 aromatic rings. The van der Waals surface area contributed by atoms with Crippen LogP contribution < -0.4 is 0 Å². The maximum Gasteiger partial charge on any atom is 0.427 e. The number of nitrogens with zero attached hydrogens (tertiary/aromatic N) is 2. The van der Waals surface area contributed by atoms with Crippen molar-refractivity contribution in [1.82, 2.24) is 5.01 Å². The number of carbonyl (C=O) groups is 1. The fraction of sp³-hybridized carbons (Fsp3) is 0.500. The molecule has 0 saturated carbocycles. The Labute approximate surface area is 52.5 Å². The first-order valence-electron chi connectivity index (χ1n) is 2.20. The molecule has 0 aliphatic carbocycles. The lowest BCUT2D eigenvalue weighted by Gasteiger charge is -2.02. The molecule has 0 radical (unpaired) electrons. The van der Waals surface area contributed by atoms with E-state index < -0.39 is 6.09 Å². The molecular weight excluding hydrogens is 124 g/mol. The Bertz CT molecular complexity index is 123. The first-order valence-corrected chi connectivity index (χ1v) is 2.20. The minimum absolute atomic E-state index is 0.740. The minimum Gasteiger partial charge on any atom is -0.485 e. The van der Waals surface area contributed by atoms with Gasteiger partial charge in [0.1, 0.15) is 0 Å². The number of hydrazone groups is 1. The number of amides is 1. The third kappa shape index (κ3) is 3.33. The Balaban J connectivity index is 3.62. The van der Waals surface area contributed by atoms with Crippen LogP contribution in [0.15, 0.2) is 5.10 Å². The monoisotopic (exact) mass is 132 g/mol. The van der Waals surface area contributed by atoms with E-state index >= 15 is 0 Å². The van der Waals surface area contributed by atoms with Crippen molar-refractivity contribution in [2.45, 2.75) is 0 Å². The molecule has 0 saturated heterocycles. The van der Waals surface area contributed by atoms with Crippen LogP contribution in [0.3, 0.4) is 0 Å². The van der Waals surface area contributed by atoms with E-state index in [0.29, 0.717) is 0 Å². The molecule has 0 bridgehead atoms. The maximum absolute atomic E-state index is 9.96. The number of hydrogen-bond acceptors (Lipinski definition) is 3. The molecule has 1 N–H and O–H groups in total. The van der Waals surface area contributed by atoms with E-state index in [1.165, 1.54) is 14.2 Å². The Hall–Kier alpha value is -1.26. The Kier molecular flexibility index (Phi) is 3.19. The van der Waals surface area contributed by atoms with Gasteiger partial charge in [-0.15, -0.1) is 5.10 Å². The highest BCUT2D eigenvalue weighted by Gasteiger charge is 1.99. The van der Waals surface area contributed by atoms with Gasteiger partial charge in [0.25, 0.3) is 0 Å². The highest BCUT2D eigenvalue weighted by molar-refractivity contribution is 5.65. The fourth-order valence-corrected chi connectivity index (χ4v) is 0.167. The van der Waals surface area contributed by atoms with Gasteiger partial charge >= 0.3 is 6.09 Å². The maximum atomic E-state index is 9.96. The van der Waals surface area contributed by atoms with Crippen LogP contribution in [0.25, 0.3) is 0 Å². The lowest BCUT2D eigenvalue weighted by molar-refractivity contribution is 0.156. The van der Waals surface area contributed by atoms with Crippen LogP contribution in [0.1, 0.15) is 0 Å². The van der Waals surface area contributed by atoms with Crippen LogP contribution in [0.2, 0.25) is 0 Å². The normalized spacial score (nSPS) is 9.56. The van der Waals surface area contributed by atoms with Crippen molar-refractivity contribution in [3.63, 3.8) is 0 Å². The summed E-state index contributed by atoms with van der Waals surface area (Å²) in [5.74, 6) is 0. The molecule has 1 amide bonds. The summed E-state index contributed by atoms with van der Waals surface area (Å²) in [4.78, 5) is 9.96. The SMILES string of the molecule is COC=NN(C)C(=O)O. The number of carboxylic acid groups (broad SMARTS) is 1. The molecule has 0 heterocycles. The van der Waals surface area contributed by atoms with Crippen LogP contribution in [-0.4, -0.2) is 36.8 Å². The smallest absolute Gasteiger partial charge is 0.427 e. The molecule has 52 valence electrons. The molecule has 0 aliphatic heterocycles. The second-order valence-corrected chi connectivity index (χ2v) is 1.26. The second kappa shape index (κ2) is 3.71. The molecule has 0 aromatic carbocycles. The van der Waals surface area contributed by atoms with Crippen LogP contribution in [0, 0.1) is 0 Å². The summed E-state index contributed by atoms with van der Waals surface area (Å²) in [6.07, 6.45) is -0.0861. The zero-order valence-corrected chi connectivity index (χ0v) is 5.24. The van der Waals surface area contributed by atoms with Crippen molar-refractivity contribution in [2.24, 2.45) is 5.10 Å². The Morgan fingerprint density at radius 3 is 2.78 bits per heavy atom. The average molecular weight is 132 g/mol. The van der Waals surface area contributed by atoms with Gasteiger partial charge in [-0.3, -0.25) is 0 Å². The zero-order valence-electron chi connectivity index (χ0n) is 5.24. The second-order valence-electron chi connectivity index (χ2n) is 1.26. The van der Waals surface area contributed by atoms with Gasteiger partial charge in [-0.2, -0.15) is 5.01 Å². The quantitative estimate of drug-likeness (QED) is 0.331. The summed E-state index contributed by atoms with van der Waals surface area (Å²) in [5.41, 5.74) is 0. The largest absolute Gasteiger partial charge is 0.485 e. The van der Waals surface area contributed by atoms with E-state index in [-0.39, 0.29) is 0 Å². The lowest BCUT2D eigenvalue weighted by Crippen LogP contribution is -2.18. The number of methoxy groups -OCH3 is 1. The van der Waals surface area contributed by atoms with E-state index in [1.807, 2.05) is 0 Å². The molecule has 0 atom stereocenters. The predicted octanol–water partition coefficient (Wildman–Crippen LogP) is 0.186. The van der Waals surface area contributed by atoms with Crippen molar-refractivity contribution >= 4 is 12.5 Å². The van der Waals surface area contributed by atoms with Crippen molar-refractivity contribution in [3.05, 3.63) is 0 Å². The van der Waals surface area contributed by atoms with Crippen molar-refractivity contribution in [2.75, 3.05) is 14.2 Å². The summed E-state index contributed by atoms with van der Waals surface area (Å²) in [7, 11) is 2.69. The van der Waals surface area contributed by atoms with Crippen LogP contribution in [0.5, 0.6) is 0 Å². The number of hydrogen-bond donors (Lipinski definition) is 1. The summed E-state index contributed by atoms with van der Waals surface area (Å²) >= 11 is 0. The van der Waals surface area contributed by atoms with Gasteiger partial charge in [0.15, 0.2) is 6.40 Å². The molecule has 0 fully saturated rings. The van der Waals surface area contributed by atoms with E-state index in [9.17, 15) is 4.79 Å². The van der Waals surface area contributed by atoms with Gasteiger partial charge in [-0.05, 0) is 0 Å². The van der Waals surface area contributed by atoms with E-state index in [2.05, 4.69) is 9.84 Å². The topological polar surface area (TPSA) is 62.1 Å². The molecule has 9 heavy (non-hydrogen) atoms. The summed E-state index contributed by atoms with van der Waals surface area (Å²) in [6, 6.07) is 0. The third-order valence-electron chi connectivity index (χ3n) is 0.603. The Morgan fingerprint density at radius 1 is 1.89 bits per heavy atom. The standard InChI is InChI=1S/C4H8N2O3/c1-6(4(7)8)5-3-9-2/h3H,1-2H3,(H,7,8). The number of rotatable bonds is 2. The van der Waals surface area contributed by atoms with Crippen LogP contribution >= 0.6 is 0 Å². The van der Waals surface area contributed by atoms with Gasteiger partial charge in [0.05, 0.1) is 7.11 Å². The van der Waals surface area contributed by atoms with Gasteiger partial charge in [0.2, 0.25) is 0 Å². The van der Waals surface area contributed by atoms with Crippen molar-refractivity contribution < 1.29 is 14.6 Å². The fourth-order valence-electron chi connectivity index (χ4n) is 0.167. The van der Waals surface area contributed by atoms with E-state index in [1.54, 1.807) is 0 Å².